The largest absolute Gasteiger partial charge is 0.497 e. The summed E-state index contributed by atoms with van der Waals surface area (Å²) in [5.41, 5.74) is 2.34. The van der Waals surface area contributed by atoms with E-state index in [2.05, 4.69) is 9.88 Å². The molecule has 0 radical (unpaired) electrons. The first-order valence-electron chi connectivity index (χ1n) is 8.94. The van der Waals surface area contributed by atoms with E-state index in [4.69, 9.17) is 4.74 Å². The first-order valence-corrected chi connectivity index (χ1v) is 10.4. The van der Waals surface area contributed by atoms with Crippen molar-refractivity contribution in [1.29, 1.82) is 0 Å². The van der Waals surface area contributed by atoms with Gasteiger partial charge in [0.1, 0.15) is 5.75 Å². The van der Waals surface area contributed by atoms with E-state index in [9.17, 15) is 8.42 Å². The van der Waals surface area contributed by atoms with Gasteiger partial charge in [0.15, 0.2) is 0 Å². The van der Waals surface area contributed by atoms with E-state index in [1.807, 2.05) is 30.8 Å². The quantitative estimate of drug-likeness (QED) is 0.676. The lowest BCUT2D eigenvalue weighted by atomic mass is 10.1. The predicted molar refractivity (Wildman–Crippen MR) is 109 cm³/mol. The summed E-state index contributed by atoms with van der Waals surface area (Å²) in [5, 5.41) is 0. The zero-order valence-electron chi connectivity index (χ0n) is 16.0. The van der Waals surface area contributed by atoms with Gasteiger partial charge >= 0.3 is 0 Å². The molecule has 2 heterocycles. The second-order valence-corrected chi connectivity index (χ2v) is 8.66. The van der Waals surface area contributed by atoms with Crippen LogP contribution in [0.15, 0.2) is 66.1 Å². The van der Waals surface area contributed by atoms with Crippen LogP contribution in [0.3, 0.4) is 0 Å². The van der Waals surface area contributed by atoms with Gasteiger partial charge in [0.05, 0.1) is 35.7 Å². The normalized spacial score (nSPS) is 16.8. The smallest absolute Gasteiger partial charge is 0.264 e. The zero-order chi connectivity index (χ0) is 19.9. The number of anilines is 2. The van der Waals surface area contributed by atoms with E-state index in [1.165, 1.54) is 4.31 Å². The maximum Gasteiger partial charge on any atom is 0.264 e. The van der Waals surface area contributed by atoms with Gasteiger partial charge in [-0.1, -0.05) is 0 Å². The van der Waals surface area contributed by atoms with Crippen LogP contribution in [-0.2, 0) is 10.0 Å². The van der Waals surface area contributed by atoms with Crippen LogP contribution in [0.5, 0.6) is 5.75 Å². The molecule has 1 aliphatic heterocycles. The Bertz CT molecular complexity index is 1080. The van der Waals surface area contributed by atoms with Gasteiger partial charge in [-0.2, -0.15) is 0 Å². The van der Waals surface area contributed by atoms with Crippen molar-refractivity contribution in [2.45, 2.75) is 17.9 Å². The Morgan fingerprint density at radius 1 is 1.11 bits per heavy atom. The first-order chi connectivity index (χ1) is 13.4. The highest BCUT2D eigenvalue weighted by Crippen LogP contribution is 2.40. The fraction of sp³-hybridized carbons (Fsp3) is 0.250. The van der Waals surface area contributed by atoms with Gasteiger partial charge in [-0.05, 0) is 43.3 Å². The monoisotopic (exact) mass is 398 g/mol. The van der Waals surface area contributed by atoms with Gasteiger partial charge in [-0.15, -0.1) is 0 Å². The minimum atomic E-state index is -3.71. The van der Waals surface area contributed by atoms with Crippen molar-refractivity contribution in [2.24, 2.45) is 0 Å². The second-order valence-electron chi connectivity index (χ2n) is 6.85. The average molecular weight is 398 g/mol. The maximum absolute atomic E-state index is 13.5. The molecule has 1 unspecified atom stereocenters. The van der Waals surface area contributed by atoms with Crippen LogP contribution in [0, 0.1) is 0 Å². The summed E-state index contributed by atoms with van der Waals surface area (Å²) in [6, 6.07) is 12.1. The van der Waals surface area contributed by atoms with Gasteiger partial charge in [0.25, 0.3) is 10.0 Å². The molecule has 28 heavy (non-hydrogen) atoms. The lowest BCUT2D eigenvalue weighted by Gasteiger charge is -2.41. The summed E-state index contributed by atoms with van der Waals surface area (Å²) in [4.78, 5) is 6.33. The number of nitrogens with zero attached hydrogens (tertiary/aromatic N) is 4. The number of likely N-dealkylation sites (N-methyl/N-ethyl adjacent to an activating group) is 1. The number of ether oxygens (including phenoxy) is 1. The van der Waals surface area contributed by atoms with Crippen molar-refractivity contribution in [3.05, 3.63) is 61.2 Å². The third-order valence-electron chi connectivity index (χ3n) is 4.97. The van der Waals surface area contributed by atoms with Gasteiger partial charge in [0.2, 0.25) is 0 Å². The first kappa shape index (κ1) is 18.4. The standard InChI is InChI=1S/C20H22N4O3S/c1-15-13-22(2)20-12-17(27-3)6-9-19(20)24(15)28(25,26)18-7-4-16(5-8-18)23-11-10-21-14-23/h4-12,14-15H,13H2,1-3H3. The van der Waals surface area contributed by atoms with Crippen molar-refractivity contribution in [1.82, 2.24) is 9.55 Å². The summed E-state index contributed by atoms with van der Waals surface area (Å²) in [7, 11) is -0.155. The fourth-order valence-electron chi connectivity index (χ4n) is 3.61. The highest BCUT2D eigenvalue weighted by molar-refractivity contribution is 7.92. The average Bonchev–Trinajstić information content (AvgIpc) is 3.22. The van der Waals surface area contributed by atoms with Crippen LogP contribution in [0.1, 0.15) is 6.92 Å². The van der Waals surface area contributed by atoms with Crippen molar-refractivity contribution in [2.75, 3.05) is 29.9 Å². The number of rotatable bonds is 4. The number of sulfonamides is 1. The van der Waals surface area contributed by atoms with Crippen LogP contribution in [0.25, 0.3) is 5.69 Å². The van der Waals surface area contributed by atoms with Gasteiger partial charge in [-0.25, -0.2) is 13.4 Å². The summed E-state index contributed by atoms with van der Waals surface area (Å²) < 4.78 is 35.6. The van der Waals surface area contributed by atoms with E-state index in [0.717, 1.165) is 11.4 Å². The van der Waals surface area contributed by atoms with Gasteiger partial charge in [-0.3, -0.25) is 4.31 Å². The van der Waals surface area contributed by atoms with E-state index < -0.39 is 10.0 Å². The molecule has 8 heteroatoms. The number of benzene rings is 2. The molecular formula is C20H22N4O3S. The van der Waals surface area contributed by atoms with Crippen LogP contribution < -0.4 is 13.9 Å². The van der Waals surface area contributed by atoms with Crippen LogP contribution >= 0.6 is 0 Å². The molecule has 0 spiro atoms. The number of imidazole rings is 1. The van der Waals surface area contributed by atoms with Crippen molar-refractivity contribution < 1.29 is 13.2 Å². The molecule has 2 aromatic carbocycles. The number of aromatic nitrogens is 2. The molecule has 4 rings (SSSR count). The molecule has 7 nitrogen and oxygen atoms in total. The predicted octanol–water partition coefficient (Wildman–Crippen LogP) is 2.91. The molecule has 0 saturated heterocycles. The van der Waals surface area contributed by atoms with Crippen molar-refractivity contribution in [3.8, 4) is 11.4 Å². The summed E-state index contributed by atoms with van der Waals surface area (Å²) >= 11 is 0. The summed E-state index contributed by atoms with van der Waals surface area (Å²) in [6.45, 7) is 2.51. The number of hydrogen-bond donors (Lipinski definition) is 0. The Labute approximate surface area is 164 Å². The number of fused-ring (bicyclic) bond motifs is 1. The third-order valence-corrected chi connectivity index (χ3v) is 6.91. The second kappa shape index (κ2) is 6.87. The molecule has 0 fully saturated rings. The Morgan fingerprint density at radius 2 is 1.86 bits per heavy atom. The molecule has 3 aromatic rings. The van der Waals surface area contributed by atoms with E-state index >= 15 is 0 Å². The summed E-state index contributed by atoms with van der Waals surface area (Å²) in [6.07, 6.45) is 5.17. The Kier molecular flexibility index (Phi) is 4.50. The SMILES string of the molecule is COc1ccc2c(c1)N(C)CC(C)N2S(=O)(=O)c1ccc(-n2ccnc2)cc1. The van der Waals surface area contributed by atoms with Crippen molar-refractivity contribution in [3.63, 3.8) is 0 Å². The minimum Gasteiger partial charge on any atom is -0.497 e. The highest BCUT2D eigenvalue weighted by Gasteiger charge is 2.36. The molecule has 0 amide bonds. The highest BCUT2D eigenvalue weighted by atomic mass is 32.2. The van der Waals surface area contributed by atoms with E-state index in [1.54, 1.807) is 56.0 Å². The van der Waals surface area contributed by atoms with Crippen LogP contribution in [0.2, 0.25) is 0 Å². The van der Waals surface area contributed by atoms with E-state index in [0.29, 0.717) is 18.0 Å². The maximum atomic E-state index is 13.5. The minimum absolute atomic E-state index is 0.204. The van der Waals surface area contributed by atoms with Gasteiger partial charge < -0.3 is 14.2 Å². The molecule has 0 aliphatic carbocycles. The lowest BCUT2D eigenvalue weighted by Crippen LogP contribution is -2.49. The summed E-state index contributed by atoms with van der Waals surface area (Å²) in [5.74, 6) is 0.696. The molecule has 1 atom stereocenters. The lowest BCUT2D eigenvalue weighted by molar-refractivity contribution is 0.414. The molecule has 1 aliphatic rings. The topological polar surface area (TPSA) is 67.7 Å². The molecule has 0 N–H and O–H groups in total. The fourth-order valence-corrected chi connectivity index (χ4v) is 5.27. The van der Waals surface area contributed by atoms with Crippen molar-refractivity contribution >= 4 is 21.4 Å². The molecule has 0 bridgehead atoms. The molecule has 146 valence electrons. The number of hydrogen-bond acceptors (Lipinski definition) is 5. The Balaban J connectivity index is 1.76. The van der Waals surface area contributed by atoms with E-state index in [-0.39, 0.29) is 10.9 Å². The third kappa shape index (κ3) is 2.99. The Morgan fingerprint density at radius 3 is 2.50 bits per heavy atom. The van der Waals surface area contributed by atoms with Crippen LogP contribution in [0.4, 0.5) is 11.4 Å². The van der Waals surface area contributed by atoms with Crippen LogP contribution in [-0.4, -0.2) is 44.7 Å². The Hall–Kier alpha value is -3.00. The molecular weight excluding hydrogens is 376 g/mol. The number of methoxy groups -OCH3 is 1. The zero-order valence-corrected chi connectivity index (χ0v) is 16.8. The molecule has 1 aromatic heterocycles. The molecule has 0 saturated carbocycles. The van der Waals surface area contributed by atoms with Gasteiger partial charge in [0, 0.05) is 37.7 Å².